The van der Waals surface area contributed by atoms with Gasteiger partial charge < -0.3 is 5.73 Å². The molecule has 0 saturated heterocycles. The first-order chi connectivity index (χ1) is 6.06. The van der Waals surface area contributed by atoms with E-state index in [-0.39, 0.29) is 0 Å². The molecule has 0 heterocycles. The van der Waals surface area contributed by atoms with Gasteiger partial charge in [-0.15, -0.1) is 0 Å². The van der Waals surface area contributed by atoms with Crippen LogP contribution in [0, 0.1) is 20.8 Å². The van der Waals surface area contributed by atoms with E-state index in [0.717, 1.165) is 16.7 Å². The average molecular weight is 181 g/mol. The second kappa shape index (κ2) is 3.88. The number of hydrogen-bond acceptors (Lipinski definition) is 1. The molecule has 1 nitrogen and oxygen atoms in total. The van der Waals surface area contributed by atoms with E-state index in [0.29, 0.717) is 0 Å². The largest absolute Gasteiger partial charge is 0.322 e. The molecule has 0 aliphatic rings. The summed E-state index contributed by atoms with van der Waals surface area (Å²) in [7, 11) is 0. The Kier molecular flexibility index (Phi) is 3.04. The SMILES string of the molecule is Cc1cc(C)c(C(N)CF)c(C)c1. The van der Waals surface area contributed by atoms with Gasteiger partial charge in [-0.25, -0.2) is 4.39 Å². The fraction of sp³-hybridized carbons (Fsp3) is 0.455. The highest BCUT2D eigenvalue weighted by Crippen LogP contribution is 2.22. The highest BCUT2D eigenvalue weighted by atomic mass is 19.1. The second-order valence-electron chi connectivity index (χ2n) is 3.57. The van der Waals surface area contributed by atoms with E-state index in [1.807, 2.05) is 32.9 Å². The Hall–Kier alpha value is -0.890. The number of nitrogens with two attached hydrogens (primary N) is 1. The van der Waals surface area contributed by atoms with E-state index in [2.05, 4.69) is 0 Å². The van der Waals surface area contributed by atoms with E-state index in [4.69, 9.17) is 5.73 Å². The van der Waals surface area contributed by atoms with Crippen molar-refractivity contribution in [3.05, 3.63) is 34.4 Å². The van der Waals surface area contributed by atoms with Crippen molar-refractivity contribution in [2.45, 2.75) is 26.8 Å². The van der Waals surface area contributed by atoms with Crippen LogP contribution in [0.15, 0.2) is 12.1 Å². The van der Waals surface area contributed by atoms with Gasteiger partial charge in [-0.3, -0.25) is 0 Å². The summed E-state index contributed by atoms with van der Waals surface area (Å²) in [5, 5.41) is 0. The highest BCUT2D eigenvalue weighted by Gasteiger charge is 2.11. The number of hydrogen-bond donors (Lipinski definition) is 1. The molecule has 0 bridgehead atoms. The van der Waals surface area contributed by atoms with Gasteiger partial charge in [0.2, 0.25) is 0 Å². The molecule has 13 heavy (non-hydrogen) atoms. The van der Waals surface area contributed by atoms with Gasteiger partial charge in [-0.2, -0.15) is 0 Å². The zero-order valence-corrected chi connectivity index (χ0v) is 8.39. The van der Waals surface area contributed by atoms with E-state index in [9.17, 15) is 4.39 Å². The molecule has 0 spiro atoms. The molecule has 0 aromatic heterocycles. The molecule has 1 aromatic carbocycles. The molecule has 1 atom stereocenters. The first kappa shape index (κ1) is 10.2. The monoisotopic (exact) mass is 181 g/mol. The Morgan fingerprint density at radius 2 is 1.69 bits per heavy atom. The van der Waals surface area contributed by atoms with Crippen molar-refractivity contribution in [2.24, 2.45) is 5.73 Å². The Morgan fingerprint density at radius 3 is 2.08 bits per heavy atom. The quantitative estimate of drug-likeness (QED) is 0.745. The van der Waals surface area contributed by atoms with Crippen molar-refractivity contribution in [3.8, 4) is 0 Å². The van der Waals surface area contributed by atoms with Gasteiger partial charge in [0.25, 0.3) is 0 Å². The topological polar surface area (TPSA) is 26.0 Å². The third-order valence-corrected chi connectivity index (χ3v) is 2.28. The molecule has 1 rings (SSSR count). The lowest BCUT2D eigenvalue weighted by Crippen LogP contribution is -2.15. The van der Waals surface area contributed by atoms with Gasteiger partial charge in [-0.1, -0.05) is 17.7 Å². The molecule has 0 amide bonds. The highest BCUT2D eigenvalue weighted by molar-refractivity contribution is 5.39. The Balaban J connectivity index is 3.20. The Bertz CT molecular complexity index is 284. The second-order valence-corrected chi connectivity index (χ2v) is 3.57. The maximum Gasteiger partial charge on any atom is 0.109 e. The van der Waals surface area contributed by atoms with Crippen LogP contribution in [-0.2, 0) is 0 Å². The maximum atomic E-state index is 12.4. The summed E-state index contributed by atoms with van der Waals surface area (Å²) in [4.78, 5) is 0. The third kappa shape index (κ3) is 2.07. The predicted octanol–water partition coefficient (Wildman–Crippen LogP) is 2.58. The summed E-state index contributed by atoms with van der Waals surface area (Å²) in [6, 6.07) is 3.61. The van der Waals surface area contributed by atoms with Gasteiger partial charge in [0.1, 0.15) is 6.67 Å². The van der Waals surface area contributed by atoms with Crippen molar-refractivity contribution in [1.29, 1.82) is 0 Å². The minimum absolute atomic E-state index is 0.472. The minimum Gasteiger partial charge on any atom is -0.322 e. The summed E-state index contributed by atoms with van der Waals surface area (Å²) < 4.78 is 12.4. The van der Waals surface area contributed by atoms with Crippen LogP contribution in [-0.4, -0.2) is 6.67 Å². The van der Waals surface area contributed by atoms with Gasteiger partial charge in [0.05, 0.1) is 6.04 Å². The van der Waals surface area contributed by atoms with Crippen LogP contribution in [0.3, 0.4) is 0 Å². The van der Waals surface area contributed by atoms with E-state index in [1.165, 1.54) is 5.56 Å². The molecule has 0 aliphatic heterocycles. The molecule has 0 radical (unpaired) electrons. The summed E-state index contributed by atoms with van der Waals surface area (Å²) in [5.74, 6) is 0. The predicted molar refractivity (Wildman–Crippen MR) is 53.6 cm³/mol. The smallest absolute Gasteiger partial charge is 0.109 e. The molecule has 2 N–H and O–H groups in total. The van der Waals surface area contributed by atoms with Crippen LogP contribution in [0.1, 0.15) is 28.3 Å². The summed E-state index contributed by atoms with van der Waals surface area (Å²) in [6.45, 7) is 5.49. The Morgan fingerprint density at radius 1 is 1.23 bits per heavy atom. The first-order valence-electron chi connectivity index (χ1n) is 4.45. The number of halogens is 1. The van der Waals surface area contributed by atoms with E-state index in [1.54, 1.807) is 0 Å². The lowest BCUT2D eigenvalue weighted by molar-refractivity contribution is 0.435. The zero-order valence-electron chi connectivity index (χ0n) is 8.39. The Labute approximate surface area is 78.8 Å². The maximum absolute atomic E-state index is 12.4. The van der Waals surface area contributed by atoms with Crippen LogP contribution in [0.5, 0.6) is 0 Å². The molecular weight excluding hydrogens is 165 g/mol. The molecule has 1 aromatic rings. The molecule has 0 aliphatic carbocycles. The normalized spacial score (nSPS) is 13.0. The van der Waals surface area contributed by atoms with Crippen LogP contribution in [0.4, 0.5) is 4.39 Å². The number of rotatable bonds is 2. The summed E-state index contributed by atoms with van der Waals surface area (Å²) in [5.41, 5.74) is 9.99. The molecule has 2 heteroatoms. The lowest BCUT2D eigenvalue weighted by atomic mass is 9.95. The van der Waals surface area contributed by atoms with Gasteiger partial charge in [0.15, 0.2) is 0 Å². The molecular formula is C11H16FN. The standard InChI is InChI=1S/C11H16FN/c1-7-4-8(2)11(9(3)5-7)10(13)6-12/h4-5,10H,6,13H2,1-3H3. The summed E-state index contributed by atoms with van der Waals surface area (Å²) in [6.07, 6.45) is 0. The van der Waals surface area contributed by atoms with Crippen LogP contribution >= 0.6 is 0 Å². The van der Waals surface area contributed by atoms with Crippen LogP contribution < -0.4 is 5.73 Å². The lowest BCUT2D eigenvalue weighted by Gasteiger charge is -2.15. The fourth-order valence-electron chi connectivity index (χ4n) is 1.85. The molecule has 0 saturated carbocycles. The zero-order chi connectivity index (χ0) is 10.0. The summed E-state index contributed by atoms with van der Waals surface area (Å²) >= 11 is 0. The number of aryl methyl sites for hydroxylation is 3. The minimum atomic E-state index is -0.495. The van der Waals surface area contributed by atoms with Crippen molar-refractivity contribution >= 4 is 0 Å². The molecule has 72 valence electrons. The van der Waals surface area contributed by atoms with Crippen molar-refractivity contribution in [3.63, 3.8) is 0 Å². The van der Waals surface area contributed by atoms with Gasteiger partial charge in [0, 0.05) is 0 Å². The average Bonchev–Trinajstić information content (AvgIpc) is 2.02. The third-order valence-electron chi connectivity index (χ3n) is 2.28. The van der Waals surface area contributed by atoms with E-state index < -0.39 is 12.7 Å². The molecule has 1 unspecified atom stereocenters. The fourth-order valence-corrected chi connectivity index (χ4v) is 1.85. The van der Waals surface area contributed by atoms with E-state index >= 15 is 0 Å². The van der Waals surface area contributed by atoms with Gasteiger partial charge in [-0.05, 0) is 37.5 Å². The number of alkyl halides is 1. The van der Waals surface area contributed by atoms with Crippen LogP contribution in [0.25, 0.3) is 0 Å². The number of benzene rings is 1. The van der Waals surface area contributed by atoms with Gasteiger partial charge >= 0.3 is 0 Å². The van der Waals surface area contributed by atoms with Crippen molar-refractivity contribution in [1.82, 2.24) is 0 Å². The molecule has 0 fully saturated rings. The van der Waals surface area contributed by atoms with Crippen molar-refractivity contribution in [2.75, 3.05) is 6.67 Å². The first-order valence-corrected chi connectivity index (χ1v) is 4.45. The van der Waals surface area contributed by atoms with Crippen LogP contribution in [0.2, 0.25) is 0 Å². The van der Waals surface area contributed by atoms with Crippen molar-refractivity contribution < 1.29 is 4.39 Å².